The van der Waals surface area contributed by atoms with E-state index in [1.54, 1.807) is 6.07 Å². The average Bonchev–Trinajstić information content (AvgIpc) is 2.73. The number of amides is 1. The van der Waals surface area contributed by atoms with Gasteiger partial charge >= 0.3 is 0 Å². The molecule has 1 aromatic rings. The van der Waals surface area contributed by atoms with Crippen LogP contribution in [-0.4, -0.2) is 22.5 Å². The van der Waals surface area contributed by atoms with Crippen molar-refractivity contribution in [2.45, 2.75) is 44.1 Å². The fourth-order valence-electron chi connectivity index (χ4n) is 2.80. The second kappa shape index (κ2) is 6.56. The molecule has 5 nitrogen and oxygen atoms in total. The van der Waals surface area contributed by atoms with Crippen LogP contribution in [0.15, 0.2) is 29.4 Å². The smallest absolute Gasteiger partial charge is 0.255 e. The first-order valence-electron chi connectivity index (χ1n) is 7.14. The zero-order valence-electron chi connectivity index (χ0n) is 11.8. The Labute approximate surface area is 123 Å². The molecule has 0 spiro atoms. The number of carbonyl (C=O) groups is 1. The summed E-state index contributed by atoms with van der Waals surface area (Å²) in [6.07, 6.45) is 4.99. The molecule has 1 amide bonds. The zero-order valence-corrected chi connectivity index (χ0v) is 11.8. The predicted molar refractivity (Wildman–Crippen MR) is 77.7 cm³/mol. The number of carbonyl (C=O) groups excluding carboxylic acids is 1. The summed E-state index contributed by atoms with van der Waals surface area (Å²) in [4.78, 5) is 12.3. The molecule has 1 aliphatic carbocycles. The highest BCUT2D eigenvalue weighted by molar-refractivity contribution is 6.00. The van der Waals surface area contributed by atoms with Gasteiger partial charge < -0.3 is 16.3 Å². The lowest BCUT2D eigenvalue weighted by atomic mass is 9.88. The van der Waals surface area contributed by atoms with Gasteiger partial charge in [-0.05, 0) is 25.0 Å². The van der Waals surface area contributed by atoms with Crippen LogP contribution in [0.4, 0.5) is 4.39 Å². The van der Waals surface area contributed by atoms with Crippen LogP contribution in [0.5, 0.6) is 0 Å². The first-order chi connectivity index (χ1) is 10.1. The summed E-state index contributed by atoms with van der Waals surface area (Å²) in [5.41, 5.74) is 4.87. The van der Waals surface area contributed by atoms with Gasteiger partial charge in [0, 0.05) is 0 Å². The molecule has 4 N–H and O–H groups in total. The summed E-state index contributed by atoms with van der Waals surface area (Å²) in [7, 11) is 0. The van der Waals surface area contributed by atoms with E-state index >= 15 is 0 Å². The van der Waals surface area contributed by atoms with E-state index in [0.29, 0.717) is 12.8 Å². The third kappa shape index (κ3) is 3.32. The second-order valence-corrected chi connectivity index (χ2v) is 5.42. The Bertz CT molecular complexity index is 537. The Kier molecular flexibility index (Phi) is 4.77. The van der Waals surface area contributed by atoms with E-state index in [1.807, 2.05) is 0 Å². The van der Waals surface area contributed by atoms with E-state index < -0.39 is 17.3 Å². The van der Waals surface area contributed by atoms with Crippen molar-refractivity contribution in [3.8, 4) is 0 Å². The summed E-state index contributed by atoms with van der Waals surface area (Å²) in [6.45, 7) is 0. The van der Waals surface area contributed by atoms with Crippen LogP contribution >= 0.6 is 0 Å². The lowest BCUT2D eigenvalue weighted by molar-refractivity contribution is 0.0911. The first-order valence-corrected chi connectivity index (χ1v) is 7.14. The van der Waals surface area contributed by atoms with Gasteiger partial charge in [-0.25, -0.2) is 4.39 Å². The van der Waals surface area contributed by atoms with Gasteiger partial charge in [0.1, 0.15) is 11.4 Å². The van der Waals surface area contributed by atoms with E-state index in [-0.39, 0.29) is 11.4 Å². The molecule has 6 heteroatoms. The molecule has 0 bridgehead atoms. The number of nitrogens with one attached hydrogen (secondary N) is 1. The van der Waals surface area contributed by atoms with Crippen molar-refractivity contribution in [2.75, 3.05) is 0 Å². The third-order valence-electron chi connectivity index (χ3n) is 4.03. The minimum absolute atomic E-state index is 0.0194. The van der Waals surface area contributed by atoms with Crippen molar-refractivity contribution in [1.29, 1.82) is 0 Å². The third-order valence-corrected chi connectivity index (χ3v) is 4.03. The quantitative estimate of drug-likeness (QED) is 0.263. The molecule has 1 aliphatic rings. The predicted octanol–water partition coefficient (Wildman–Crippen LogP) is 2.39. The molecular weight excluding hydrogens is 273 g/mol. The molecule has 1 aromatic carbocycles. The minimum atomic E-state index is -0.898. The molecule has 1 saturated carbocycles. The van der Waals surface area contributed by atoms with Gasteiger partial charge in [-0.1, -0.05) is 43.0 Å². The molecule has 21 heavy (non-hydrogen) atoms. The number of benzene rings is 1. The van der Waals surface area contributed by atoms with E-state index in [9.17, 15) is 9.18 Å². The number of halogens is 1. The van der Waals surface area contributed by atoms with Crippen molar-refractivity contribution >= 4 is 11.7 Å². The number of hydrogen-bond acceptors (Lipinski definition) is 3. The Balaban J connectivity index is 2.27. The van der Waals surface area contributed by atoms with E-state index in [4.69, 9.17) is 10.9 Å². The molecule has 0 radical (unpaired) electrons. The van der Waals surface area contributed by atoms with Gasteiger partial charge in [0.15, 0.2) is 5.84 Å². The summed E-state index contributed by atoms with van der Waals surface area (Å²) in [5, 5.41) is 14.9. The second-order valence-electron chi connectivity index (χ2n) is 5.42. The highest BCUT2D eigenvalue weighted by Crippen LogP contribution is 2.28. The Hall–Kier alpha value is -2.11. The standard InChI is InChI=1S/C15H20FN3O2/c16-12-8-4-3-7-11(12)13(20)18-15(14(17)19-21)9-5-1-2-6-10-15/h3-4,7-8,21H,1-2,5-6,9-10H2,(H2,17,19)(H,18,20). The number of nitrogens with two attached hydrogens (primary N) is 1. The van der Waals surface area contributed by atoms with Crippen molar-refractivity contribution in [1.82, 2.24) is 5.32 Å². The number of hydrogen-bond donors (Lipinski definition) is 3. The Morgan fingerprint density at radius 1 is 1.24 bits per heavy atom. The lowest BCUT2D eigenvalue weighted by Crippen LogP contribution is -2.57. The fraction of sp³-hybridized carbons (Fsp3) is 0.467. The van der Waals surface area contributed by atoms with Crippen LogP contribution in [0.2, 0.25) is 0 Å². The maximum Gasteiger partial charge on any atom is 0.255 e. The molecule has 0 aromatic heterocycles. The lowest BCUT2D eigenvalue weighted by Gasteiger charge is -2.32. The van der Waals surface area contributed by atoms with Crippen LogP contribution in [0.3, 0.4) is 0 Å². The van der Waals surface area contributed by atoms with Crippen molar-refractivity contribution in [3.05, 3.63) is 35.6 Å². The molecule has 0 saturated heterocycles. The number of rotatable bonds is 3. The number of amidine groups is 1. The molecule has 0 heterocycles. The molecular formula is C15H20FN3O2. The maximum atomic E-state index is 13.7. The van der Waals surface area contributed by atoms with Crippen molar-refractivity contribution in [3.63, 3.8) is 0 Å². The normalized spacial score (nSPS) is 18.8. The SMILES string of the molecule is N/C(=N/O)C1(NC(=O)c2ccccc2F)CCCCCC1. The molecule has 2 rings (SSSR count). The summed E-state index contributed by atoms with van der Waals surface area (Å²) < 4.78 is 13.7. The zero-order chi connectivity index (χ0) is 15.3. The Morgan fingerprint density at radius 2 is 1.86 bits per heavy atom. The minimum Gasteiger partial charge on any atom is -0.409 e. The van der Waals surface area contributed by atoms with Gasteiger partial charge in [-0.15, -0.1) is 0 Å². The van der Waals surface area contributed by atoms with Gasteiger partial charge in [0.25, 0.3) is 5.91 Å². The van der Waals surface area contributed by atoms with E-state index in [0.717, 1.165) is 25.7 Å². The van der Waals surface area contributed by atoms with Crippen LogP contribution in [0.25, 0.3) is 0 Å². The van der Waals surface area contributed by atoms with Crippen LogP contribution in [0, 0.1) is 5.82 Å². The van der Waals surface area contributed by atoms with Crippen LogP contribution in [0.1, 0.15) is 48.9 Å². The van der Waals surface area contributed by atoms with Gasteiger partial charge in [-0.2, -0.15) is 0 Å². The van der Waals surface area contributed by atoms with E-state index in [2.05, 4.69) is 10.5 Å². The largest absolute Gasteiger partial charge is 0.409 e. The van der Waals surface area contributed by atoms with Gasteiger partial charge in [0.2, 0.25) is 0 Å². The van der Waals surface area contributed by atoms with Gasteiger partial charge in [-0.3, -0.25) is 4.79 Å². The summed E-state index contributed by atoms with van der Waals surface area (Å²) in [6, 6.07) is 5.78. The van der Waals surface area contributed by atoms with Gasteiger partial charge in [0.05, 0.1) is 5.56 Å². The van der Waals surface area contributed by atoms with Crippen molar-refractivity contribution < 1.29 is 14.4 Å². The molecule has 0 atom stereocenters. The average molecular weight is 293 g/mol. The monoisotopic (exact) mass is 293 g/mol. The van der Waals surface area contributed by atoms with Crippen LogP contribution < -0.4 is 11.1 Å². The number of oxime groups is 1. The maximum absolute atomic E-state index is 13.7. The Morgan fingerprint density at radius 3 is 2.43 bits per heavy atom. The summed E-state index contributed by atoms with van der Waals surface area (Å²) >= 11 is 0. The summed E-state index contributed by atoms with van der Waals surface area (Å²) in [5.74, 6) is -1.14. The van der Waals surface area contributed by atoms with E-state index in [1.165, 1.54) is 18.2 Å². The topological polar surface area (TPSA) is 87.7 Å². The molecule has 1 fully saturated rings. The van der Waals surface area contributed by atoms with Crippen molar-refractivity contribution in [2.24, 2.45) is 10.9 Å². The molecule has 0 unspecified atom stereocenters. The highest BCUT2D eigenvalue weighted by atomic mass is 19.1. The number of nitrogens with zero attached hydrogens (tertiary/aromatic N) is 1. The fourth-order valence-corrected chi connectivity index (χ4v) is 2.80. The molecule has 114 valence electrons. The van der Waals surface area contributed by atoms with Crippen LogP contribution in [-0.2, 0) is 0 Å². The molecule has 0 aliphatic heterocycles. The first kappa shape index (κ1) is 15.3. The highest BCUT2D eigenvalue weighted by Gasteiger charge is 2.37.